The van der Waals surface area contributed by atoms with Gasteiger partial charge < -0.3 is 4.74 Å². The number of Topliss-reactive ketones (excluding diaryl/α,β-unsaturated/α-hetero) is 1. The van der Waals surface area contributed by atoms with Gasteiger partial charge in [-0.2, -0.15) is 5.10 Å². The van der Waals surface area contributed by atoms with Gasteiger partial charge in [-0.25, -0.2) is 4.98 Å². The van der Waals surface area contributed by atoms with Crippen LogP contribution in [0.5, 0.6) is 5.75 Å². The van der Waals surface area contributed by atoms with Crippen molar-refractivity contribution in [3.63, 3.8) is 0 Å². The molecule has 0 amide bonds. The fourth-order valence-corrected chi connectivity index (χ4v) is 1.70. The molecule has 1 heterocycles. The molecule has 0 radical (unpaired) electrons. The second-order valence-electron chi connectivity index (χ2n) is 3.83. The van der Waals surface area contributed by atoms with Gasteiger partial charge in [0.2, 0.25) is 0 Å². The van der Waals surface area contributed by atoms with Gasteiger partial charge in [-0.15, -0.1) is 0 Å². The van der Waals surface area contributed by atoms with E-state index in [1.807, 2.05) is 19.1 Å². The molecule has 0 bridgehead atoms. The highest BCUT2D eigenvalue weighted by Crippen LogP contribution is 2.19. The summed E-state index contributed by atoms with van der Waals surface area (Å²) in [4.78, 5) is 16.2. The summed E-state index contributed by atoms with van der Waals surface area (Å²) in [6.07, 6.45) is 1.66. The van der Waals surface area contributed by atoms with Crippen LogP contribution >= 0.6 is 0 Å². The molecule has 0 aliphatic carbocycles. The van der Waals surface area contributed by atoms with Gasteiger partial charge in [-0.1, -0.05) is 12.1 Å². The highest BCUT2D eigenvalue weighted by molar-refractivity contribution is 5.99. The lowest BCUT2D eigenvalue weighted by atomic mass is 10.1. The molecule has 5 nitrogen and oxygen atoms in total. The monoisotopic (exact) mass is 245 g/mol. The Hall–Kier alpha value is -2.17. The van der Waals surface area contributed by atoms with E-state index in [4.69, 9.17) is 4.74 Å². The van der Waals surface area contributed by atoms with Crippen molar-refractivity contribution >= 4 is 5.78 Å². The normalized spacial score (nSPS) is 10.3. The molecule has 0 fully saturated rings. The molecule has 2 rings (SSSR count). The third-order valence-corrected chi connectivity index (χ3v) is 2.61. The summed E-state index contributed by atoms with van der Waals surface area (Å²) in [7, 11) is 1.77. The van der Waals surface area contributed by atoms with Gasteiger partial charge in [0.1, 0.15) is 17.9 Å². The summed E-state index contributed by atoms with van der Waals surface area (Å²) in [5.74, 6) is 1.24. The van der Waals surface area contributed by atoms with Crippen LogP contribution in [0.3, 0.4) is 0 Å². The number of para-hydroxylation sites is 1. The zero-order chi connectivity index (χ0) is 13.0. The van der Waals surface area contributed by atoms with Crippen LogP contribution in [0.25, 0.3) is 0 Å². The summed E-state index contributed by atoms with van der Waals surface area (Å²) in [6, 6.07) is 7.24. The van der Waals surface area contributed by atoms with Crippen LogP contribution < -0.4 is 4.74 Å². The number of aromatic nitrogens is 3. The number of ketones is 1. The van der Waals surface area contributed by atoms with Gasteiger partial charge in [-0.3, -0.25) is 9.48 Å². The first-order chi connectivity index (χ1) is 8.72. The molecule has 1 aromatic carbocycles. The fourth-order valence-electron chi connectivity index (χ4n) is 1.70. The Labute approximate surface area is 105 Å². The third-order valence-electron chi connectivity index (χ3n) is 2.61. The molecular formula is C13H15N3O2. The molecule has 0 aliphatic rings. The number of rotatable bonds is 5. The van der Waals surface area contributed by atoms with Crippen molar-refractivity contribution in [2.75, 3.05) is 6.61 Å². The summed E-state index contributed by atoms with van der Waals surface area (Å²) < 4.78 is 7.04. The van der Waals surface area contributed by atoms with Gasteiger partial charge in [-0.05, 0) is 19.1 Å². The Balaban J connectivity index is 2.21. The fraction of sp³-hybridized carbons (Fsp3) is 0.308. The Morgan fingerprint density at radius 2 is 2.17 bits per heavy atom. The molecule has 1 aromatic heterocycles. The number of aryl methyl sites for hydroxylation is 1. The van der Waals surface area contributed by atoms with E-state index in [1.54, 1.807) is 23.9 Å². The van der Waals surface area contributed by atoms with Crippen LogP contribution in [-0.4, -0.2) is 27.2 Å². The maximum absolute atomic E-state index is 12.2. The van der Waals surface area contributed by atoms with Gasteiger partial charge in [0, 0.05) is 7.05 Å². The smallest absolute Gasteiger partial charge is 0.174 e. The minimum Gasteiger partial charge on any atom is -0.493 e. The number of nitrogens with zero attached hydrogens (tertiary/aromatic N) is 3. The van der Waals surface area contributed by atoms with E-state index < -0.39 is 0 Å². The number of carbonyl (C=O) groups is 1. The van der Waals surface area contributed by atoms with Crippen molar-refractivity contribution < 1.29 is 9.53 Å². The van der Waals surface area contributed by atoms with E-state index in [1.165, 1.54) is 6.33 Å². The predicted molar refractivity (Wildman–Crippen MR) is 66.6 cm³/mol. The van der Waals surface area contributed by atoms with Crippen LogP contribution in [0.1, 0.15) is 23.1 Å². The largest absolute Gasteiger partial charge is 0.493 e. The van der Waals surface area contributed by atoms with Gasteiger partial charge in [0.05, 0.1) is 18.6 Å². The molecule has 0 atom stereocenters. The Bertz CT molecular complexity index is 549. The maximum Gasteiger partial charge on any atom is 0.174 e. The lowest BCUT2D eigenvalue weighted by Crippen LogP contribution is -2.10. The minimum atomic E-state index is -0.0184. The molecule has 2 aromatic rings. The Morgan fingerprint density at radius 3 is 2.83 bits per heavy atom. The molecule has 0 unspecified atom stereocenters. The Kier molecular flexibility index (Phi) is 3.72. The number of hydrogen-bond donors (Lipinski definition) is 0. The average Bonchev–Trinajstić information content (AvgIpc) is 2.76. The molecule has 0 N–H and O–H groups in total. The number of carbonyl (C=O) groups excluding carboxylic acids is 1. The quantitative estimate of drug-likeness (QED) is 0.751. The Morgan fingerprint density at radius 1 is 1.39 bits per heavy atom. The molecule has 5 heteroatoms. The standard InChI is InChI=1S/C13H15N3O2/c1-3-18-12-7-5-4-6-10(12)11(17)8-13-14-9-15-16(13)2/h4-7,9H,3,8H2,1-2H3. The first-order valence-electron chi connectivity index (χ1n) is 5.80. The van der Waals surface area contributed by atoms with E-state index in [2.05, 4.69) is 10.1 Å². The molecule has 0 spiro atoms. The van der Waals surface area contributed by atoms with Crippen molar-refractivity contribution in [1.82, 2.24) is 14.8 Å². The van der Waals surface area contributed by atoms with Crippen LogP contribution in [0.2, 0.25) is 0 Å². The number of benzene rings is 1. The number of ether oxygens (including phenoxy) is 1. The first-order valence-corrected chi connectivity index (χ1v) is 5.80. The predicted octanol–water partition coefficient (Wildman–Crippen LogP) is 1.64. The van der Waals surface area contributed by atoms with Crippen LogP contribution in [0, 0.1) is 0 Å². The third kappa shape index (κ3) is 2.56. The topological polar surface area (TPSA) is 57.0 Å². The summed E-state index contributed by atoms with van der Waals surface area (Å²) in [5.41, 5.74) is 0.586. The van der Waals surface area contributed by atoms with Crippen LogP contribution in [-0.2, 0) is 13.5 Å². The lowest BCUT2D eigenvalue weighted by Gasteiger charge is -2.08. The van der Waals surface area contributed by atoms with Crippen molar-refractivity contribution in [3.05, 3.63) is 42.0 Å². The second kappa shape index (κ2) is 5.44. The van der Waals surface area contributed by atoms with E-state index in [-0.39, 0.29) is 12.2 Å². The van der Waals surface area contributed by atoms with Crippen molar-refractivity contribution in [2.24, 2.45) is 7.05 Å². The highest BCUT2D eigenvalue weighted by atomic mass is 16.5. The highest BCUT2D eigenvalue weighted by Gasteiger charge is 2.14. The summed E-state index contributed by atoms with van der Waals surface area (Å²) in [5, 5.41) is 3.94. The summed E-state index contributed by atoms with van der Waals surface area (Å²) in [6.45, 7) is 2.43. The maximum atomic E-state index is 12.2. The first kappa shape index (κ1) is 12.3. The molecule has 94 valence electrons. The van der Waals surface area contributed by atoms with Crippen molar-refractivity contribution in [2.45, 2.75) is 13.3 Å². The lowest BCUT2D eigenvalue weighted by molar-refractivity contribution is 0.0986. The van der Waals surface area contributed by atoms with Crippen LogP contribution in [0.15, 0.2) is 30.6 Å². The second-order valence-corrected chi connectivity index (χ2v) is 3.83. The molecule has 0 saturated heterocycles. The van der Waals surface area contributed by atoms with Gasteiger partial charge in [0.25, 0.3) is 0 Å². The molecule has 0 saturated carbocycles. The average molecular weight is 245 g/mol. The zero-order valence-corrected chi connectivity index (χ0v) is 10.5. The van der Waals surface area contributed by atoms with Crippen molar-refractivity contribution in [1.29, 1.82) is 0 Å². The SMILES string of the molecule is CCOc1ccccc1C(=O)Cc1ncnn1C. The van der Waals surface area contributed by atoms with Crippen molar-refractivity contribution in [3.8, 4) is 5.75 Å². The van der Waals surface area contributed by atoms with E-state index in [9.17, 15) is 4.79 Å². The molecule has 18 heavy (non-hydrogen) atoms. The van der Waals surface area contributed by atoms with Gasteiger partial charge in [0.15, 0.2) is 5.78 Å². The van der Waals surface area contributed by atoms with Crippen LogP contribution in [0.4, 0.5) is 0 Å². The molecular weight excluding hydrogens is 230 g/mol. The number of hydrogen-bond acceptors (Lipinski definition) is 4. The van der Waals surface area contributed by atoms with E-state index in [0.717, 1.165) is 0 Å². The molecule has 0 aliphatic heterocycles. The zero-order valence-electron chi connectivity index (χ0n) is 10.5. The summed E-state index contributed by atoms with van der Waals surface area (Å²) >= 11 is 0. The minimum absolute atomic E-state index is 0.0184. The van der Waals surface area contributed by atoms with E-state index >= 15 is 0 Å². The van der Waals surface area contributed by atoms with Gasteiger partial charge >= 0.3 is 0 Å². The van der Waals surface area contributed by atoms with E-state index in [0.29, 0.717) is 23.7 Å².